The van der Waals surface area contributed by atoms with E-state index in [1.54, 1.807) is 31.4 Å². The molecule has 0 bridgehead atoms. The molecule has 0 saturated heterocycles. The smallest absolute Gasteiger partial charge is 0.340 e. The van der Waals surface area contributed by atoms with Crippen LogP contribution in [0.1, 0.15) is 15.9 Å². The van der Waals surface area contributed by atoms with Crippen molar-refractivity contribution in [2.24, 2.45) is 5.10 Å². The molecular weight excluding hydrogens is 340 g/mol. The standard InChI is InChI=1S/C14H14N2O5S2/c1-20-11-5-3-10(4-6-11)7-15-16-23(18,19)13-9-22-8-12(13)14(17)21-2/h3-9,16H,1-2H3/b15-7+. The predicted molar refractivity (Wildman–Crippen MR) is 86.6 cm³/mol. The number of benzene rings is 1. The number of carbonyl (C=O) groups is 1. The lowest BCUT2D eigenvalue weighted by atomic mass is 10.2. The van der Waals surface area contributed by atoms with Crippen molar-refractivity contribution in [3.8, 4) is 5.75 Å². The molecule has 0 unspecified atom stereocenters. The van der Waals surface area contributed by atoms with Crippen molar-refractivity contribution in [2.75, 3.05) is 14.2 Å². The Morgan fingerprint density at radius 1 is 1.22 bits per heavy atom. The minimum absolute atomic E-state index is 0.0235. The summed E-state index contributed by atoms with van der Waals surface area (Å²) in [5, 5.41) is 6.45. The number of rotatable bonds is 6. The second-order valence-corrected chi connectivity index (χ2v) is 6.64. The molecule has 7 nitrogen and oxygen atoms in total. The Hall–Kier alpha value is -2.39. The second-order valence-electron chi connectivity index (χ2n) is 4.27. The predicted octanol–water partition coefficient (Wildman–Crippen LogP) is 1.86. The van der Waals surface area contributed by atoms with E-state index in [9.17, 15) is 13.2 Å². The highest BCUT2D eigenvalue weighted by molar-refractivity contribution is 7.89. The van der Waals surface area contributed by atoms with Crippen LogP contribution >= 0.6 is 11.3 Å². The highest BCUT2D eigenvalue weighted by atomic mass is 32.2. The molecule has 0 fully saturated rings. The van der Waals surface area contributed by atoms with Gasteiger partial charge in [-0.15, -0.1) is 0 Å². The van der Waals surface area contributed by atoms with E-state index in [0.29, 0.717) is 11.3 Å². The first-order valence-corrected chi connectivity index (χ1v) is 8.74. The van der Waals surface area contributed by atoms with Crippen LogP contribution in [0.3, 0.4) is 0 Å². The fourth-order valence-electron chi connectivity index (χ4n) is 1.66. The first kappa shape index (κ1) is 17.0. The van der Waals surface area contributed by atoms with Crippen molar-refractivity contribution >= 4 is 33.5 Å². The second kappa shape index (κ2) is 7.25. The lowest BCUT2D eigenvalue weighted by molar-refractivity contribution is 0.0597. The molecule has 1 aromatic carbocycles. The van der Waals surface area contributed by atoms with Crippen LogP contribution in [0.4, 0.5) is 0 Å². The first-order valence-electron chi connectivity index (χ1n) is 6.31. The van der Waals surface area contributed by atoms with E-state index in [1.165, 1.54) is 24.1 Å². The summed E-state index contributed by atoms with van der Waals surface area (Å²) in [6, 6.07) is 6.90. The van der Waals surface area contributed by atoms with Gasteiger partial charge in [0.1, 0.15) is 10.6 Å². The molecule has 1 aromatic heterocycles. The normalized spacial score (nSPS) is 11.4. The van der Waals surface area contributed by atoms with Crippen LogP contribution in [-0.2, 0) is 14.8 Å². The van der Waals surface area contributed by atoms with E-state index in [2.05, 4.69) is 14.7 Å². The Morgan fingerprint density at radius 2 is 1.91 bits per heavy atom. The van der Waals surface area contributed by atoms with E-state index in [-0.39, 0.29) is 10.5 Å². The average molecular weight is 354 g/mol. The molecule has 2 rings (SSSR count). The van der Waals surface area contributed by atoms with Gasteiger partial charge in [0.2, 0.25) is 0 Å². The largest absolute Gasteiger partial charge is 0.497 e. The lowest BCUT2D eigenvalue weighted by Crippen LogP contribution is -2.20. The summed E-state index contributed by atoms with van der Waals surface area (Å²) in [6.45, 7) is 0. The third-order valence-corrected chi connectivity index (χ3v) is 4.98. The fraction of sp³-hybridized carbons (Fsp3) is 0.143. The molecule has 2 aromatic rings. The number of hydrogen-bond donors (Lipinski definition) is 1. The maximum Gasteiger partial charge on any atom is 0.340 e. The number of ether oxygens (including phenoxy) is 2. The lowest BCUT2D eigenvalue weighted by Gasteiger charge is -2.04. The summed E-state index contributed by atoms with van der Waals surface area (Å²) in [5.41, 5.74) is 0.664. The zero-order chi connectivity index (χ0) is 16.9. The van der Waals surface area contributed by atoms with Gasteiger partial charge in [0.25, 0.3) is 10.0 Å². The topological polar surface area (TPSA) is 94.1 Å². The number of methoxy groups -OCH3 is 2. The zero-order valence-corrected chi connectivity index (χ0v) is 14.0. The molecule has 0 aliphatic carbocycles. The van der Waals surface area contributed by atoms with Gasteiger partial charge in [-0.3, -0.25) is 0 Å². The number of esters is 1. The minimum atomic E-state index is -3.95. The van der Waals surface area contributed by atoms with Gasteiger partial charge in [-0.1, -0.05) is 0 Å². The number of sulfonamides is 1. The van der Waals surface area contributed by atoms with E-state index >= 15 is 0 Å². The number of hydrazone groups is 1. The fourth-order valence-corrected chi connectivity index (χ4v) is 3.81. The van der Waals surface area contributed by atoms with Gasteiger partial charge in [0.05, 0.1) is 26.0 Å². The molecule has 0 radical (unpaired) electrons. The SMILES string of the molecule is COC(=O)c1cscc1S(=O)(=O)N/N=C/c1ccc(OC)cc1. The maximum atomic E-state index is 12.2. The zero-order valence-electron chi connectivity index (χ0n) is 12.3. The van der Waals surface area contributed by atoms with Crippen LogP contribution in [0.15, 0.2) is 45.0 Å². The summed E-state index contributed by atoms with van der Waals surface area (Å²) >= 11 is 1.08. The monoisotopic (exact) mass is 354 g/mol. The van der Waals surface area contributed by atoms with Crippen molar-refractivity contribution in [1.82, 2.24) is 4.83 Å². The molecule has 9 heteroatoms. The van der Waals surface area contributed by atoms with Crippen LogP contribution in [-0.4, -0.2) is 34.8 Å². The van der Waals surface area contributed by atoms with Gasteiger partial charge >= 0.3 is 5.97 Å². The van der Waals surface area contributed by atoms with Crippen molar-refractivity contribution in [3.63, 3.8) is 0 Å². The average Bonchev–Trinajstić information content (AvgIpc) is 3.05. The number of hydrogen-bond acceptors (Lipinski definition) is 7. The Balaban J connectivity index is 2.14. The highest BCUT2D eigenvalue weighted by Crippen LogP contribution is 2.21. The third kappa shape index (κ3) is 4.08. The molecule has 122 valence electrons. The first-order chi connectivity index (χ1) is 11.0. The molecule has 1 N–H and O–H groups in total. The number of nitrogens with zero attached hydrogens (tertiary/aromatic N) is 1. The van der Waals surface area contributed by atoms with Crippen molar-refractivity contribution in [2.45, 2.75) is 4.90 Å². The van der Waals surface area contributed by atoms with Crippen molar-refractivity contribution in [1.29, 1.82) is 0 Å². The van der Waals surface area contributed by atoms with Gasteiger partial charge in [-0.2, -0.15) is 24.9 Å². The number of carbonyl (C=O) groups excluding carboxylic acids is 1. The Labute approximate surface area is 137 Å². The quantitative estimate of drug-likeness (QED) is 0.485. The summed E-state index contributed by atoms with van der Waals surface area (Å²) in [6.07, 6.45) is 1.35. The number of nitrogens with one attached hydrogen (secondary N) is 1. The molecule has 0 atom stereocenters. The maximum absolute atomic E-state index is 12.2. The van der Waals surface area contributed by atoms with E-state index < -0.39 is 16.0 Å². The van der Waals surface area contributed by atoms with Gasteiger partial charge < -0.3 is 9.47 Å². The Kier molecular flexibility index (Phi) is 5.35. The van der Waals surface area contributed by atoms with Crippen LogP contribution in [0.2, 0.25) is 0 Å². The van der Waals surface area contributed by atoms with Gasteiger partial charge in [0.15, 0.2) is 0 Å². The molecule has 0 aliphatic rings. The molecule has 0 spiro atoms. The van der Waals surface area contributed by atoms with Crippen LogP contribution < -0.4 is 9.57 Å². The minimum Gasteiger partial charge on any atom is -0.497 e. The molecule has 0 aliphatic heterocycles. The van der Waals surface area contributed by atoms with Crippen LogP contribution in [0.25, 0.3) is 0 Å². The highest BCUT2D eigenvalue weighted by Gasteiger charge is 2.23. The van der Waals surface area contributed by atoms with Crippen molar-refractivity contribution in [3.05, 3.63) is 46.2 Å². The van der Waals surface area contributed by atoms with Gasteiger partial charge in [-0.05, 0) is 29.8 Å². The van der Waals surface area contributed by atoms with Gasteiger partial charge in [0, 0.05) is 10.8 Å². The van der Waals surface area contributed by atoms with Crippen LogP contribution in [0.5, 0.6) is 5.75 Å². The Bertz CT molecular complexity index is 810. The van der Waals surface area contributed by atoms with Gasteiger partial charge in [-0.25, -0.2) is 9.63 Å². The van der Waals surface area contributed by atoms with E-state index in [0.717, 1.165) is 11.3 Å². The summed E-state index contributed by atoms with van der Waals surface area (Å²) in [4.78, 5) is 13.4. The van der Waals surface area contributed by atoms with E-state index in [1.807, 2.05) is 0 Å². The molecule has 0 saturated carbocycles. The molecule has 0 amide bonds. The van der Waals surface area contributed by atoms with Crippen molar-refractivity contribution < 1.29 is 22.7 Å². The molecule has 23 heavy (non-hydrogen) atoms. The summed E-state index contributed by atoms with van der Waals surface area (Å²) in [5.74, 6) is -0.0329. The summed E-state index contributed by atoms with van der Waals surface area (Å²) in [7, 11) is -1.21. The molecular formula is C14H14N2O5S2. The van der Waals surface area contributed by atoms with Crippen LogP contribution in [0, 0.1) is 0 Å². The third-order valence-electron chi connectivity index (χ3n) is 2.82. The summed E-state index contributed by atoms with van der Waals surface area (Å²) < 4.78 is 33.9. The Morgan fingerprint density at radius 3 is 2.52 bits per heavy atom. The number of thiophene rings is 1. The van der Waals surface area contributed by atoms with E-state index in [4.69, 9.17) is 4.74 Å². The molecule has 1 heterocycles.